The molecule has 1 aliphatic heterocycles. The zero-order chi connectivity index (χ0) is 12.1. The molecule has 0 spiro atoms. The van der Waals surface area contributed by atoms with Crippen LogP contribution >= 0.6 is 11.6 Å². The van der Waals surface area contributed by atoms with Crippen molar-refractivity contribution in [3.63, 3.8) is 0 Å². The maximum Gasteiger partial charge on any atom is 0.0605 e. The first-order chi connectivity index (χ1) is 6.88. The van der Waals surface area contributed by atoms with E-state index >= 15 is 0 Å². The van der Waals surface area contributed by atoms with Crippen LogP contribution in [0.3, 0.4) is 0 Å². The molecule has 4 heteroatoms. The van der Waals surface area contributed by atoms with E-state index in [1.54, 1.807) is 7.11 Å². The molecular formula is C11H24ClNO2. The molecule has 0 saturated carbocycles. The number of rotatable bonds is 1. The van der Waals surface area contributed by atoms with Crippen LogP contribution in [0.1, 0.15) is 40.5 Å². The van der Waals surface area contributed by atoms with Crippen LogP contribution < -0.4 is 0 Å². The van der Waals surface area contributed by atoms with Gasteiger partial charge >= 0.3 is 0 Å². The quantitative estimate of drug-likeness (QED) is 0.712. The summed E-state index contributed by atoms with van der Waals surface area (Å²) in [6, 6.07) is 0.193. The first-order valence-electron chi connectivity index (χ1n) is 5.46. The van der Waals surface area contributed by atoms with E-state index in [4.69, 9.17) is 16.3 Å². The molecule has 0 aromatic carbocycles. The Hall–Kier alpha value is 0.170. The Bertz CT molecular complexity index is 176. The minimum atomic E-state index is -0.154. The van der Waals surface area contributed by atoms with Crippen LogP contribution in [0.15, 0.2) is 0 Å². The predicted octanol–water partition coefficient (Wildman–Crippen LogP) is 2.90. The van der Waals surface area contributed by atoms with Gasteiger partial charge in [0.1, 0.15) is 0 Å². The van der Waals surface area contributed by atoms with Crippen molar-refractivity contribution in [3.8, 4) is 0 Å². The summed E-state index contributed by atoms with van der Waals surface area (Å²) < 4.78 is 5.31. The van der Waals surface area contributed by atoms with Crippen LogP contribution in [0.5, 0.6) is 0 Å². The third-order valence-corrected chi connectivity index (χ3v) is 2.70. The van der Waals surface area contributed by atoms with E-state index in [1.807, 2.05) is 27.7 Å². The number of halogens is 1. The lowest BCUT2D eigenvalue weighted by Gasteiger charge is -2.45. The molecule has 0 amide bonds. The Morgan fingerprint density at radius 3 is 2.33 bits per heavy atom. The van der Waals surface area contributed by atoms with Gasteiger partial charge in [-0.1, -0.05) is 6.92 Å². The molecule has 0 aromatic heterocycles. The molecule has 2 unspecified atom stereocenters. The van der Waals surface area contributed by atoms with Gasteiger partial charge in [-0.05, 0) is 33.6 Å². The smallest absolute Gasteiger partial charge is 0.0605 e. The summed E-state index contributed by atoms with van der Waals surface area (Å²) in [6.45, 7) is 7.98. The molecule has 1 heterocycles. The lowest BCUT2D eigenvalue weighted by molar-refractivity contribution is -0.224. The Labute approximate surface area is 98.3 Å². The number of hydrogen-bond donors (Lipinski definition) is 1. The summed E-state index contributed by atoms with van der Waals surface area (Å²) in [5, 5.41) is 11.1. The van der Waals surface area contributed by atoms with Crippen LogP contribution in [-0.2, 0) is 4.74 Å². The topological polar surface area (TPSA) is 32.7 Å². The summed E-state index contributed by atoms with van der Waals surface area (Å²) in [6.07, 6.45) is 2.10. The summed E-state index contributed by atoms with van der Waals surface area (Å²) in [7, 11) is 1.74. The summed E-state index contributed by atoms with van der Waals surface area (Å²) >= 11 is 5.00. The van der Waals surface area contributed by atoms with Crippen molar-refractivity contribution in [3.05, 3.63) is 0 Å². The first-order valence-corrected chi connectivity index (χ1v) is 5.99. The molecule has 1 N–H and O–H groups in total. The second-order valence-electron chi connectivity index (χ2n) is 4.57. The fraction of sp³-hybridized carbons (Fsp3) is 1.00. The van der Waals surface area contributed by atoms with Crippen molar-refractivity contribution in [2.24, 2.45) is 0 Å². The van der Waals surface area contributed by atoms with Gasteiger partial charge in [-0.3, -0.25) is 0 Å². The van der Waals surface area contributed by atoms with E-state index in [0.29, 0.717) is 6.10 Å². The van der Waals surface area contributed by atoms with Gasteiger partial charge in [0.2, 0.25) is 0 Å². The van der Waals surface area contributed by atoms with E-state index in [0.717, 1.165) is 18.7 Å². The van der Waals surface area contributed by atoms with E-state index < -0.39 is 0 Å². The van der Waals surface area contributed by atoms with Crippen LogP contribution in [-0.4, -0.2) is 40.9 Å². The molecular weight excluding hydrogens is 214 g/mol. The fourth-order valence-corrected chi connectivity index (χ4v) is 1.99. The van der Waals surface area contributed by atoms with Crippen molar-refractivity contribution in [2.75, 3.05) is 13.0 Å². The van der Waals surface area contributed by atoms with E-state index in [1.165, 1.54) is 5.06 Å². The van der Waals surface area contributed by atoms with Crippen molar-refractivity contribution in [1.82, 2.24) is 5.06 Å². The highest BCUT2D eigenvalue weighted by atomic mass is 35.5. The molecule has 1 saturated heterocycles. The largest absolute Gasteiger partial charge is 0.381 e. The predicted molar refractivity (Wildman–Crippen MR) is 63.6 cm³/mol. The van der Waals surface area contributed by atoms with E-state index in [2.05, 4.69) is 0 Å². The molecule has 1 rings (SSSR count). The Kier molecular flexibility index (Phi) is 6.76. The SMILES string of the molecule is CCCl.COC1CC(C)N(O)C(C)(C)C1. The summed E-state index contributed by atoms with van der Waals surface area (Å²) in [5.74, 6) is 0.722. The number of methoxy groups -OCH3 is 1. The molecule has 0 aliphatic carbocycles. The van der Waals surface area contributed by atoms with Crippen LogP contribution in [0.4, 0.5) is 0 Å². The van der Waals surface area contributed by atoms with Gasteiger partial charge in [0.05, 0.1) is 6.10 Å². The van der Waals surface area contributed by atoms with Crippen molar-refractivity contribution in [1.29, 1.82) is 0 Å². The number of alkyl halides is 1. The Balaban J connectivity index is 0.000000583. The van der Waals surface area contributed by atoms with E-state index in [9.17, 15) is 5.21 Å². The van der Waals surface area contributed by atoms with Gasteiger partial charge in [0.25, 0.3) is 0 Å². The second kappa shape index (κ2) is 6.69. The average molecular weight is 238 g/mol. The molecule has 0 radical (unpaired) electrons. The van der Waals surface area contributed by atoms with Crippen LogP contribution in [0, 0.1) is 0 Å². The Morgan fingerprint density at radius 1 is 1.53 bits per heavy atom. The maximum absolute atomic E-state index is 9.70. The normalized spacial score (nSPS) is 30.6. The average Bonchev–Trinajstić information content (AvgIpc) is 2.14. The minimum Gasteiger partial charge on any atom is -0.381 e. The number of piperidine rings is 1. The molecule has 3 nitrogen and oxygen atoms in total. The number of ether oxygens (including phenoxy) is 1. The first kappa shape index (κ1) is 15.2. The minimum absolute atomic E-state index is 0.154. The number of hydrogen-bond acceptors (Lipinski definition) is 3. The van der Waals surface area contributed by atoms with E-state index in [-0.39, 0.29) is 11.6 Å². The molecule has 1 aliphatic rings. The lowest BCUT2D eigenvalue weighted by Crippen LogP contribution is -2.54. The van der Waals surface area contributed by atoms with Gasteiger partial charge in [-0.15, -0.1) is 11.6 Å². The highest BCUT2D eigenvalue weighted by Gasteiger charge is 2.38. The molecule has 1 fully saturated rings. The maximum atomic E-state index is 9.70. The Morgan fingerprint density at radius 2 is 2.00 bits per heavy atom. The third kappa shape index (κ3) is 4.68. The fourth-order valence-electron chi connectivity index (χ4n) is 1.99. The van der Waals surface area contributed by atoms with Crippen LogP contribution in [0.2, 0.25) is 0 Å². The van der Waals surface area contributed by atoms with Crippen molar-refractivity contribution < 1.29 is 9.94 Å². The third-order valence-electron chi connectivity index (χ3n) is 2.70. The molecule has 15 heavy (non-hydrogen) atoms. The molecule has 0 bridgehead atoms. The van der Waals surface area contributed by atoms with Crippen molar-refractivity contribution >= 4 is 11.6 Å². The summed E-state index contributed by atoms with van der Waals surface area (Å²) in [4.78, 5) is 0. The molecule has 2 atom stereocenters. The number of nitrogens with zero attached hydrogens (tertiary/aromatic N) is 1. The lowest BCUT2D eigenvalue weighted by atomic mass is 9.87. The van der Waals surface area contributed by atoms with Gasteiger partial charge in [-0.25, -0.2) is 0 Å². The summed E-state index contributed by atoms with van der Waals surface area (Å²) in [5.41, 5.74) is -0.154. The van der Waals surface area contributed by atoms with Crippen molar-refractivity contribution in [2.45, 2.75) is 58.2 Å². The zero-order valence-corrected chi connectivity index (χ0v) is 11.2. The highest BCUT2D eigenvalue weighted by Crippen LogP contribution is 2.30. The van der Waals surface area contributed by atoms with Gasteiger partial charge in [-0.2, -0.15) is 5.06 Å². The standard InChI is InChI=1S/C9H19NO2.C2H5Cl/c1-7-5-8(12-4)6-9(2,3)10(7)11;1-2-3/h7-8,11H,5-6H2,1-4H3;2H2,1H3. The molecule has 92 valence electrons. The zero-order valence-electron chi connectivity index (χ0n) is 10.5. The monoisotopic (exact) mass is 237 g/mol. The van der Waals surface area contributed by atoms with Gasteiger partial charge in [0.15, 0.2) is 0 Å². The van der Waals surface area contributed by atoms with Gasteiger partial charge in [0, 0.05) is 24.6 Å². The second-order valence-corrected chi connectivity index (χ2v) is 5.11. The van der Waals surface area contributed by atoms with Crippen LogP contribution in [0.25, 0.3) is 0 Å². The molecule has 0 aromatic rings. The highest BCUT2D eigenvalue weighted by molar-refractivity contribution is 6.17. The van der Waals surface area contributed by atoms with Gasteiger partial charge < -0.3 is 9.94 Å². The number of hydroxylamine groups is 2.